The van der Waals surface area contributed by atoms with Crippen molar-refractivity contribution >= 4 is 27.9 Å². The number of nitrogens with zero attached hydrogens (tertiary/aromatic N) is 1. The first-order valence-electron chi connectivity index (χ1n) is 5.52. The van der Waals surface area contributed by atoms with Crippen molar-refractivity contribution in [2.24, 2.45) is 0 Å². The number of hydrogen-bond donors (Lipinski definition) is 1. The quantitative estimate of drug-likeness (QED) is 0.850. The van der Waals surface area contributed by atoms with Gasteiger partial charge in [0.05, 0.1) is 18.7 Å². The van der Waals surface area contributed by atoms with E-state index in [9.17, 15) is 14.3 Å². The number of halogens is 2. The Kier molecular flexibility index (Phi) is 3.54. The largest absolute Gasteiger partial charge is 0.386 e. The second-order valence-electron chi connectivity index (χ2n) is 4.69. The van der Waals surface area contributed by atoms with Crippen LogP contribution < -0.4 is 0 Å². The highest BCUT2D eigenvalue weighted by atomic mass is 79.9. The van der Waals surface area contributed by atoms with Gasteiger partial charge in [0.25, 0.3) is 0 Å². The number of aliphatic hydroxyl groups is 1. The van der Waals surface area contributed by atoms with E-state index in [0.29, 0.717) is 18.7 Å². The monoisotopic (exact) mass is 313 g/mol. The minimum absolute atomic E-state index is 0.221. The average molecular weight is 314 g/mol. The maximum Gasteiger partial charge on any atom is 0.246 e. The number of β-amino-alcohol motifs (C(OH)–C–C–N with tert-alkyl or cyclic N) is 1. The third-order valence-corrected chi connectivity index (χ3v) is 3.23. The Morgan fingerprint density at radius 3 is 2.83 bits per heavy atom. The molecule has 1 amide bonds. The Bertz CT molecular complexity index is 506. The molecule has 1 aliphatic rings. The van der Waals surface area contributed by atoms with Gasteiger partial charge in [0, 0.05) is 16.1 Å². The maximum absolute atomic E-state index is 13.4. The summed E-state index contributed by atoms with van der Waals surface area (Å²) in [6.45, 7) is 2.31. The number of hydrogen-bond acceptors (Lipinski definition) is 2. The molecule has 18 heavy (non-hydrogen) atoms. The number of rotatable bonds is 2. The van der Waals surface area contributed by atoms with Crippen LogP contribution in [-0.2, 0) is 4.79 Å². The number of likely N-dealkylation sites (tertiary alicyclic amines) is 1. The fourth-order valence-corrected chi connectivity index (χ4v) is 2.22. The lowest BCUT2D eigenvalue weighted by molar-refractivity contribution is -0.146. The van der Waals surface area contributed by atoms with Gasteiger partial charge in [-0.1, -0.05) is 15.9 Å². The fraction of sp³-hybridized carbons (Fsp3) is 0.308. The van der Waals surface area contributed by atoms with Crippen LogP contribution in [0.25, 0.3) is 6.08 Å². The van der Waals surface area contributed by atoms with E-state index in [1.54, 1.807) is 19.1 Å². The van der Waals surface area contributed by atoms with Crippen LogP contribution in [0.15, 0.2) is 28.7 Å². The standard InChI is InChI=1S/C13H13BrFNO2/c1-13(18)7-16(8-13)12(17)5-2-9-6-10(14)3-4-11(9)15/h2-6,18H,7-8H2,1H3. The summed E-state index contributed by atoms with van der Waals surface area (Å²) < 4.78 is 14.2. The van der Waals surface area contributed by atoms with Crippen LogP contribution in [0.2, 0.25) is 0 Å². The molecule has 0 spiro atoms. The van der Waals surface area contributed by atoms with Crippen LogP contribution >= 0.6 is 15.9 Å². The smallest absolute Gasteiger partial charge is 0.246 e. The Balaban J connectivity index is 2.03. The number of carbonyl (C=O) groups excluding carboxylic acids is 1. The van der Waals surface area contributed by atoms with Gasteiger partial charge in [-0.15, -0.1) is 0 Å². The summed E-state index contributed by atoms with van der Waals surface area (Å²) in [6.07, 6.45) is 2.76. The Hall–Kier alpha value is -1.20. The predicted octanol–water partition coefficient (Wildman–Crippen LogP) is 2.19. The topological polar surface area (TPSA) is 40.5 Å². The van der Waals surface area contributed by atoms with E-state index in [-0.39, 0.29) is 11.7 Å². The molecule has 1 aliphatic heterocycles. The van der Waals surface area contributed by atoms with E-state index in [1.807, 2.05) is 0 Å². The molecule has 1 aromatic carbocycles. The van der Waals surface area contributed by atoms with E-state index in [4.69, 9.17) is 0 Å². The lowest BCUT2D eigenvalue weighted by Crippen LogP contribution is -2.61. The van der Waals surface area contributed by atoms with Gasteiger partial charge in [0.15, 0.2) is 0 Å². The summed E-state index contributed by atoms with van der Waals surface area (Å²) in [5, 5.41) is 9.51. The molecule has 0 unspecified atom stereocenters. The number of benzene rings is 1. The van der Waals surface area contributed by atoms with Gasteiger partial charge in [-0.25, -0.2) is 4.39 Å². The van der Waals surface area contributed by atoms with Crippen LogP contribution in [0.1, 0.15) is 12.5 Å². The highest BCUT2D eigenvalue weighted by Crippen LogP contribution is 2.21. The Morgan fingerprint density at radius 2 is 2.22 bits per heavy atom. The molecule has 1 fully saturated rings. The third-order valence-electron chi connectivity index (χ3n) is 2.74. The minimum Gasteiger partial charge on any atom is -0.386 e. The summed E-state index contributed by atoms with van der Waals surface area (Å²) in [5.74, 6) is -0.598. The van der Waals surface area contributed by atoms with Crippen molar-refractivity contribution in [3.63, 3.8) is 0 Å². The molecule has 1 N–H and O–H groups in total. The van der Waals surface area contributed by atoms with Crippen molar-refractivity contribution in [2.45, 2.75) is 12.5 Å². The molecule has 0 saturated carbocycles. The van der Waals surface area contributed by atoms with Crippen molar-refractivity contribution in [1.29, 1.82) is 0 Å². The first kappa shape index (κ1) is 13.2. The number of carbonyl (C=O) groups is 1. The van der Waals surface area contributed by atoms with Gasteiger partial charge >= 0.3 is 0 Å². The van der Waals surface area contributed by atoms with E-state index in [2.05, 4.69) is 15.9 Å². The molecular weight excluding hydrogens is 301 g/mol. The second-order valence-corrected chi connectivity index (χ2v) is 5.61. The van der Waals surface area contributed by atoms with Crippen molar-refractivity contribution in [3.05, 3.63) is 40.1 Å². The normalized spacial score (nSPS) is 17.9. The molecule has 0 aliphatic carbocycles. The summed E-state index contributed by atoms with van der Waals surface area (Å²) in [5.41, 5.74) is -0.435. The summed E-state index contributed by atoms with van der Waals surface area (Å²) in [7, 11) is 0. The van der Waals surface area contributed by atoms with Crippen LogP contribution in [0.4, 0.5) is 4.39 Å². The molecule has 1 aromatic rings. The van der Waals surface area contributed by atoms with Crippen LogP contribution in [0, 0.1) is 5.82 Å². The molecule has 1 heterocycles. The SMILES string of the molecule is CC1(O)CN(C(=O)C=Cc2cc(Br)ccc2F)C1. The molecule has 0 radical (unpaired) electrons. The summed E-state index contributed by atoms with van der Waals surface area (Å²) >= 11 is 3.24. The highest BCUT2D eigenvalue weighted by Gasteiger charge is 2.38. The summed E-state index contributed by atoms with van der Waals surface area (Å²) in [4.78, 5) is 13.2. The van der Waals surface area contributed by atoms with Crippen LogP contribution in [0.3, 0.4) is 0 Å². The molecule has 3 nitrogen and oxygen atoms in total. The molecule has 0 bridgehead atoms. The van der Waals surface area contributed by atoms with Gasteiger partial charge in [-0.3, -0.25) is 4.79 Å². The average Bonchev–Trinajstić information content (AvgIpc) is 2.26. The molecule has 0 atom stereocenters. The lowest BCUT2D eigenvalue weighted by Gasteiger charge is -2.43. The number of amides is 1. The van der Waals surface area contributed by atoms with Gasteiger partial charge in [0.1, 0.15) is 5.82 Å². The lowest BCUT2D eigenvalue weighted by atomic mass is 9.97. The molecular formula is C13H13BrFNO2. The van der Waals surface area contributed by atoms with Gasteiger partial charge < -0.3 is 10.0 Å². The van der Waals surface area contributed by atoms with Gasteiger partial charge in [-0.05, 0) is 31.2 Å². The third kappa shape index (κ3) is 2.97. The minimum atomic E-state index is -0.787. The van der Waals surface area contributed by atoms with E-state index in [1.165, 1.54) is 23.1 Å². The summed E-state index contributed by atoms with van der Waals surface area (Å²) in [6, 6.07) is 4.54. The van der Waals surface area contributed by atoms with Crippen molar-refractivity contribution in [2.75, 3.05) is 13.1 Å². The Labute approximate surface area is 113 Å². The highest BCUT2D eigenvalue weighted by molar-refractivity contribution is 9.10. The first-order valence-corrected chi connectivity index (χ1v) is 6.31. The van der Waals surface area contributed by atoms with E-state index >= 15 is 0 Å². The molecule has 2 rings (SSSR count). The fourth-order valence-electron chi connectivity index (χ4n) is 1.84. The van der Waals surface area contributed by atoms with Crippen LogP contribution in [0.5, 0.6) is 0 Å². The van der Waals surface area contributed by atoms with Gasteiger partial charge in [0.2, 0.25) is 5.91 Å². The molecule has 96 valence electrons. The van der Waals surface area contributed by atoms with Gasteiger partial charge in [-0.2, -0.15) is 0 Å². The predicted molar refractivity (Wildman–Crippen MR) is 70.3 cm³/mol. The van der Waals surface area contributed by atoms with E-state index in [0.717, 1.165) is 4.47 Å². The van der Waals surface area contributed by atoms with Crippen molar-refractivity contribution in [3.8, 4) is 0 Å². The van der Waals surface area contributed by atoms with Crippen molar-refractivity contribution in [1.82, 2.24) is 4.90 Å². The van der Waals surface area contributed by atoms with Crippen molar-refractivity contribution < 1.29 is 14.3 Å². The molecule has 0 aromatic heterocycles. The zero-order valence-corrected chi connectivity index (χ0v) is 11.4. The first-order chi connectivity index (χ1) is 8.37. The van der Waals surface area contributed by atoms with E-state index < -0.39 is 5.60 Å². The second kappa shape index (κ2) is 4.82. The maximum atomic E-state index is 13.4. The zero-order chi connectivity index (χ0) is 13.3. The molecule has 1 saturated heterocycles. The Morgan fingerprint density at radius 1 is 1.56 bits per heavy atom. The zero-order valence-electron chi connectivity index (χ0n) is 9.86. The van der Waals surface area contributed by atoms with Crippen LogP contribution in [-0.4, -0.2) is 34.6 Å². The molecule has 5 heteroatoms.